The largest absolute Gasteiger partial charge is 0.481 e. The number of sulfone groups is 1. The molecule has 1 aliphatic heterocycles. The second-order valence-corrected chi connectivity index (χ2v) is 6.86. The Morgan fingerprint density at radius 3 is 2.53 bits per heavy atom. The minimum Gasteiger partial charge on any atom is -0.481 e. The molecular formula is C11H16N2O5S. The number of hydrogen-bond acceptors (Lipinski definition) is 4. The number of hydrogen-bond donors (Lipinski definition) is 3. The van der Waals surface area contributed by atoms with Crippen molar-refractivity contribution in [3.05, 3.63) is 11.5 Å². The summed E-state index contributed by atoms with van der Waals surface area (Å²) in [5.74, 6) is -0.891. The summed E-state index contributed by atoms with van der Waals surface area (Å²) in [7, 11) is -3.21. The van der Waals surface area contributed by atoms with Gasteiger partial charge in [0.2, 0.25) is 0 Å². The van der Waals surface area contributed by atoms with Crippen LogP contribution in [0.5, 0.6) is 0 Å². The third-order valence-corrected chi connectivity index (χ3v) is 4.54. The van der Waals surface area contributed by atoms with Crippen molar-refractivity contribution >= 4 is 21.8 Å². The van der Waals surface area contributed by atoms with E-state index in [1.165, 1.54) is 6.08 Å². The van der Waals surface area contributed by atoms with E-state index >= 15 is 0 Å². The van der Waals surface area contributed by atoms with E-state index in [-0.39, 0.29) is 24.1 Å². The fraction of sp³-hybridized carbons (Fsp3) is 0.636. The minimum absolute atomic E-state index is 0.114. The van der Waals surface area contributed by atoms with Crippen molar-refractivity contribution < 1.29 is 23.1 Å². The van der Waals surface area contributed by atoms with Gasteiger partial charge in [-0.15, -0.1) is 0 Å². The van der Waals surface area contributed by atoms with Gasteiger partial charge >= 0.3 is 12.0 Å². The molecule has 1 aliphatic carbocycles. The summed E-state index contributed by atoms with van der Waals surface area (Å²) in [6, 6.07) is -1.46. The number of urea groups is 1. The zero-order valence-corrected chi connectivity index (χ0v) is 11.0. The summed E-state index contributed by atoms with van der Waals surface area (Å²) >= 11 is 0. The quantitative estimate of drug-likeness (QED) is 0.651. The average Bonchev–Trinajstić information content (AvgIpc) is 3.03. The molecule has 1 fully saturated rings. The van der Waals surface area contributed by atoms with Crippen LogP contribution in [0.25, 0.3) is 0 Å². The number of amides is 2. The van der Waals surface area contributed by atoms with Gasteiger partial charge < -0.3 is 15.7 Å². The Balaban J connectivity index is 1.83. The van der Waals surface area contributed by atoms with Crippen LogP contribution in [0.2, 0.25) is 0 Å². The second-order valence-electron chi connectivity index (χ2n) is 4.92. The number of carbonyl (C=O) groups is 2. The summed E-state index contributed by atoms with van der Waals surface area (Å²) < 4.78 is 22.3. The predicted octanol–water partition coefficient (Wildman–Crippen LogP) is -0.150. The van der Waals surface area contributed by atoms with E-state index in [1.807, 2.05) is 0 Å². The van der Waals surface area contributed by atoms with Gasteiger partial charge in [0.1, 0.15) is 0 Å². The molecular weight excluding hydrogens is 272 g/mol. The molecule has 8 heteroatoms. The molecule has 0 aromatic carbocycles. The Morgan fingerprint density at radius 1 is 1.37 bits per heavy atom. The fourth-order valence-corrected chi connectivity index (χ4v) is 3.30. The molecule has 19 heavy (non-hydrogen) atoms. The molecule has 2 rings (SSSR count). The molecule has 106 valence electrons. The SMILES string of the molecule is O=C(O)CC(NC(=O)NC1C=CS(=O)(=O)C1)C1CC1. The molecule has 1 heterocycles. The highest BCUT2D eigenvalue weighted by Gasteiger charge is 2.34. The first-order chi connectivity index (χ1) is 8.85. The van der Waals surface area contributed by atoms with Gasteiger partial charge in [-0.25, -0.2) is 13.2 Å². The molecule has 2 amide bonds. The van der Waals surface area contributed by atoms with Crippen LogP contribution in [0.4, 0.5) is 4.79 Å². The third-order valence-electron chi connectivity index (χ3n) is 3.15. The van der Waals surface area contributed by atoms with E-state index in [2.05, 4.69) is 10.6 Å². The van der Waals surface area contributed by atoms with Crippen LogP contribution in [0.15, 0.2) is 11.5 Å². The van der Waals surface area contributed by atoms with Gasteiger partial charge in [-0.3, -0.25) is 4.79 Å². The molecule has 2 unspecified atom stereocenters. The van der Waals surface area contributed by atoms with E-state index < -0.39 is 27.9 Å². The van der Waals surface area contributed by atoms with Crippen molar-refractivity contribution in [1.29, 1.82) is 0 Å². The van der Waals surface area contributed by atoms with E-state index in [1.54, 1.807) is 0 Å². The second kappa shape index (κ2) is 5.20. The first kappa shape index (κ1) is 13.9. The van der Waals surface area contributed by atoms with Crippen molar-refractivity contribution in [1.82, 2.24) is 10.6 Å². The van der Waals surface area contributed by atoms with Crippen molar-refractivity contribution in [3.63, 3.8) is 0 Å². The Bertz CT molecular complexity index is 509. The number of nitrogens with one attached hydrogen (secondary N) is 2. The lowest BCUT2D eigenvalue weighted by atomic mass is 10.1. The average molecular weight is 288 g/mol. The minimum atomic E-state index is -3.21. The van der Waals surface area contributed by atoms with Gasteiger partial charge in [0, 0.05) is 11.4 Å². The standard InChI is InChI=1S/C11H16N2O5S/c14-10(15)5-9(7-1-2-7)13-11(16)12-8-3-4-19(17,18)6-8/h3-4,7-9H,1-2,5-6H2,(H,14,15)(H2,12,13,16). The Hall–Kier alpha value is -1.57. The third kappa shape index (κ3) is 4.23. The summed E-state index contributed by atoms with van der Waals surface area (Å²) in [5, 5.41) is 15.0. The normalized spacial score (nSPS) is 25.8. The highest BCUT2D eigenvalue weighted by atomic mass is 32.2. The van der Waals surface area contributed by atoms with Crippen LogP contribution in [0.3, 0.4) is 0 Å². The molecule has 0 aromatic rings. The highest BCUT2D eigenvalue weighted by Crippen LogP contribution is 2.33. The van der Waals surface area contributed by atoms with Crippen molar-refractivity contribution in [2.45, 2.75) is 31.3 Å². The van der Waals surface area contributed by atoms with Crippen molar-refractivity contribution in [2.24, 2.45) is 5.92 Å². The maximum atomic E-state index is 11.7. The lowest BCUT2D eigenvalue weighted by Gasteiger charge is -2.18. The van der Waals surface area contributed by atoms with Gasteiger partial charge in [0.15, 0.2) is 9.84 Å². The number of rotatable bonds is 5. The van der Waals surface area contributed by atoms with Crippen LogP contribution in [-0.4, -0.2) is 43.4 Å². The van der Waals surface area contributed by atoms with E-state index in [4.69, 9.17) is 5.11 Å². The monoisotopic (exact) mass is 288 g/mol. The van der Waals surface area contributed by atoms with Gasteiger partial charge in [-0.05, 0) is 24.8 Å². The lowest BCUT2D eigenvalue weighted by Crippen LogP contribution is -2.47. The molecule has 0 saturated heterocycles. The van der Waals surface area contributed by atoms with E-state index in [0.29, 0.717) is 0 Å². The zero-order valence-electron chi connectivity index (χ0n) is 10.2. The van der Waals surface area contributed by atoms with Gasteiger partial charge in [0.05, 0.1) is 18.2 Å². The Kier molecular flexibility index (Phi) is 3.79. The maximum Gasteiger partial charge on any atom is 0.315 e. The van der Waals surface area contributed by atoms with Crippen LogP contribution in [0.1, 0.15) is 19.3 Å². The molecule has 7 nitrogen and oxygen atoms in total. The van der Waals surface area contributed by atoms with Gasteiger partial charge in [-0.2, -0.15) is 0 Å². The molecule has 0 radical (unpaired) electrons. The van der Waals surface area contributed by atoms with Crippen LogP contribution >= 0.6 is 0 Å². The highest BCUT2D eigenvalue weighted by molar-refractivity contribution is 7.94. The maximum absolute atomic E-state index is 11.7. The predicted molar refractivity (Wildman–Crippen MR) is 67.1 cm³/mol. The number of carbonyl (C=O) groups excluding carboxylic acids is 1. The van der Waals surface area contributed by atoms with Crippen molar-refractivity contribution in [2.75, 3.05) is 5.75 Å². The number of aliphatic carboxylic acids is 1. The Morgan fingerprint density at radius 2 is 2.05 bits per heavy atom. The van der Waals surface area contributed by atoms with Crippen LogP contribution < -0.4 is 10.6 Å². The topological polar surface area (TPSA) is 113 Å². The molecule has 2 aliphatic rings. The van der Waals surface area contributed by atoms with Gasteiger partial charge in [0.25, 0.3) is 0 Å². The summed E-state index contributed by atoms with van der Waals surface area (Å²) in [5.41, 5.74) is 0. The smallest absolute Gasteiger partial charge is 0.315 e. The first-order valence-corrected chi connectivity index (χ1v) is 7.77. The number of carboxylic acids is 1. The Labute approximate surface area is 111 Å². The van der Waals surface area contributed by atoms with Crippen LogP contribution in [-0.2, 0) is 14.6 Å². The molecule has 0 spiro atoms. The fourth-order valence-electron chi connectivity index (χ4n) is 2.07. The summed E-state index contributed by atoms with van der Waals surface area (Å²) in [6.45, 7) is 0. The molecule has 1 saturated carbocycles. The number of carboxylic acid groups (broad SMARTS) is 1. The summed E-state index contributed by atoms with van der Waals surface area (Å²) in [4.78, 5) is 22.4. The van der Waals surface area contributed by atoms with E-state index in [9.17, 15) is 18.0 Å². The molecule has 0 aromatic heterocycles. The van der Waals surface area contributed by atoms with E-state index in [0.717, 1.165) is 18.2 Å². The zero-order chi connectivity index (χ0) is 14.0. The van der Waals surface area contributed by atoms with Crippen molar-refractivity contribution in [3.8, 4) is 0 Å². The lowest BCUT2D eigenvalue weighted by molar-refractivity contribution is -0.137. The molecule has 0 bridgehead atoms. The first-order valence-electron chi connectivity index (χ1n) is 6.05. The van der Waals surface area contributed by atoms with Crippen LogP contribution in [0, 0.1) is 5.92 Å². The summed E-state index contributed by atoms with van der Waals surface area (Å²) in [6.07, 6.45) is 3.13. The van der Waals surface area contributed by atoms with Gasteiger partial charge in [-0.1, -0.05) is 0 Å². The molecule has 3 N–H and O–H groups in total. The molecule has 2 atom stereocenters.